The van der Waals surface area contributed by atoms with Gasteiger partial charge in [0.1, 0.15) is 0 Å². The number of nitro groups is 1. The lowest BCUT2D eigenvalue weighted by atomic mass is 10.1. The number of aromatic nitrogens is 1. The Bertz CT molecular complexity index is 1260. The largest absolute Gasteiger partial charge is 0.283 e. The Hall–Kier alpha value is -3.29. The summed E-state index contributed by atoms with van der Waals surface area (Å²) in [6.07, 6.45) is 0.112. The summed E-state index contributed by atoms with van der Waals surface area (Å²) in [5.74, 6) is -0.138. The molecule has 3 aromatic carbocycles. The Kier molecular flexibility index (Phi) is 5.97. The van der Waals surface area contributed by atoms with Gasteiger partial charge in [0.2, 0.25) is 5.91 Å². The number of non-ortho nitro benzene ring substituents is 1. The number of aryl methyl sites for hydroxylation is 1. The minimum absolute atomic E-state index is 0.00383. The molecule has 0 aliphatic heterocycles. The molecule has 0 aliphatic rings. The monoisotopic (exact) mass is 451 g/mol. The van der Waals surface area contributed by atoms with E-state index >= 15 is 0 Å². The van der Waals surface area contributed by atoms with E-state index in [0.29, 0.717) is 22.3 Å². The number of rotatable bonds is 6. The average Bonchev–Trinajstić information content (AvgIpc) is 3.20. The van der Waals surface area contributed by atoms with Crippen molar-refractivity contribution in [3.63, 3.8) is 0 Å². The lowest BCUT2D eigenvalue weighted by Gasteiger charge is -2.20. The first kappa shape index (κ1) is 21.0. The number of hydrogen-bond acceptors (Lipinski definition) is 5. The van der Waals surface area contributed by atoms with Crippen molar-refractivity contribution in [3.05, 3.63) is 98.6 Å². The number of anilines is 1. The Labute approximate surface area is 187 Å². The van der Waals surface area contributed by atoms with Crippen molar-refractivity contribution in [2.45, 2.75) is 19.9 Å². The first-order chi connectivity index (χ1) is 14.9. The van der Waals surface area contributed by atoms with Crippen molar-refractivity contribution in [3.8, 4) is 0 Å². The Morgan fingerprint density at radius 2 is 1.77 bits per heavy atom. The molecule has 1 heterocycles. The van der Waals surface area contributed by atoms with Gasteiger partial charge in [-0.3, -0.25) is 19.8 Å². The van der Waals surface area contributed by atoms with Crippen LogP contribution in [-0.4, -0.2) is 15.8 Å². The van der Waals surface area contributed by atoms with Gasteiger partial charge in [0.25, 0.3) is 5.69 Å². The SMILES string of the molecule is Cc1c(Cl)ccc2sc(N(Cc3ccccc3)C(=O)Cc3ccc([N+](=O)[O-])cc3)nc12. The van der Waals surface area contributed by atoms with Gasteiger partial charge >= 0.3 is 0 Å². The Morgan fingerprint density at radius 3 is 2.45 bits per heavy atom. The number of hydrogen-bond donors (Lipinski definition) is 0. The van der Waals surface area contributed by atoms with Gasteiger partial charge in [0.15, 0.2) is 5.13 Å². The van der Waals surface area contributed by atoms with Gasteiger partial charge in [-0.2, -0.15) is 0 Å². The van der Waals surface area contributed by atoms with Crippen LogP contribution < -0.4 is 4.90 Å². The average molecular weight is 452 g/mol. The molecule has 0 radical (unpaired) electrons. The van der Waals surface area contributed by atoms with E-state index in [2.05, 4.69) is 0 Å². The molecule has 6 nitrogen and oxygen atoms in total. The quantitative estimate of drug-likeness (QED) is 0.268. The highest BCUT2D eigenvalue weighted by Crippen LogP contribution is 2.34. The van der Waals surface area contributed by atoms with Crippen molar-refractivity contribution < 1.29 is 9.72 Å². The molecule has 1 aromatic heterocycles. The predicted octanol–water partition coefficient (Wildman–Crippen LogP) is 5.94. The fourth-order valence-electron chi connectivity index (χ4n) is 3.24. The van der Waals surface area contributed by atoms with Gasteiger partial charge in [0.05, 0.1) is 28.1 Å². The second kappa shape index (κ2) is 8.83. The van der Waals surface area contributed by atoms with Gasteiger partial charge in [-0.15, -0.1) is 0 Å². The standard InChI is InChI=1S/C23H18ClN3O3S/c1-15-19(24)11-12-20-22(15)25-23(31-20)26(14-17-5-3-2-4-6-17)21(28)13-16-7-9-18(10-8-16)27(29)30/h2-12H,13-14H2,1H3. The predicted molar refractivity (Wildman–Crippen MR) is 124 cm³/mol. The summed E-state index contributed by atoms with van der Waals surface area (Å²) in [5.41, 5.74) is 3.34. The molecule has 0 fully saturated rings. The third-order valence-corrected chi connectivity index (χ3v) is 6.41. The zero-order chi connectivity index (χ0) is 22.0. The minimum Gasteiger partial charge on any atom is -0.283 e. The molecule has 0 atom stereocenters. The maximum Gasteiger partial charge on any atom is 0.269 e. The normalized spacial score (nSPS) is 10.9. The number of benzene rings is 3. The molecule has 0 saturated carbocycles. The minimum atomic E-state index is -0.456. The van der Waals surface area contributed by atoms with Crippen molar-refractivity contribution >= 4 is 49.9 Å². The molecule has 0 aliphatic carbocycles. The first-order valence-corrected chi connectivity index (χ1v) is 10.7. The van der Waals surface area contributed by atoms with Crippen LogP contribution in [0, 0.1) is 17.0 Å². The number of fused-ring (bicyclic) bond motifs is 1. The van der Waals surface area contributed by atoms with E-state index in [-0.39, 0.29) is 18.0 Å². The molecule has 0 unspecified atom stereocenters. The third kappa shape index (κ3) is 4.57. The highest BCUT2D eigenvalue weighted by molar-refractivity contribution is 7.22. The molecule has 8 heteroatoms. The van der Waals surface area contributed by atoms with E-state index in [0.717, 1.165) is 21.3 Å². The molecule has 1 amide bonds. The molecule has 0 N–H and O–H groups in total. The van der Waals surface area contributed by atoms with E-state index in [9.17, 15) is 14.9 Å². The van der Waals surface area contributed by atoms with E-state index in [1.807, 2.05) is 49.4 Å². The number of carbonyl (C=O) groups is 1. The second-order valence-electron chi connectivity index (χ2n) is 7.08. The zero-order valence-electron chi connectivity index (χ0n) is 16.6. The Morgan fingerprint density at radius 1 is 1.06 bits per heavy atom. The Balaban J connectivity index is 1.68. The molecule has 156 valence electrons. The topological polar surface area (TPSA) is 76.3 Å². The maximum atomic E-state index is 13.3. The summed E-state index contributed by atoms with van der Waals surface area (Å²) in [4.78, 5) is 30.1. The third-order valence-electron chi connectivity index (χ3n) is 4.95. The summed E-state index contributed by atoms with van der Waals surface area (Å²) in [5, 5.41) is 12.1. The van der Waals surface area contributed by atoms with Crippen LogP contribution in [0.1, 0.15) is 16.7 Å². The fraction of sp³-hybridized carbons (Fsp3) is 0.130. The smallest absolute Gasteiger partial charge is 0.269 e. The van der Waals surface area contributed by atoms with Crippen LogP contribution in [0.3, 0.4) is 0 Å². The van der Waals surface area contributed by atoms with Crippen molar-refractivity contribution in [1.29, 1.82) is 0 Å². The van der Waals surface area contributed by atoms with E-state index in [1.165, 1.54) is 23.5 Å². The van der Waals surface area contributed by atoms with Crippen molar-refractivity contribution in [2.75, 3.05) is 4.90 Å². The number of nitrogens with zero attached hydrogens (tertiary/aromatic N) is 3. The van der Waals surface area contributed by atoms with Crippen LogP contribution in [0.2, 0.25) is 5.02 Å². The van der Waals surface area contributed by atoms with Gasteiger partial charge in [-0.1, -0.05) is 65.4 Å². The number of nitro benzene ring substituents is 1. The van der Waals surface area contributed by atoms with Crippen molar-refractivity contribution in [1.82, 2.24) is 4.98 Å². The molecule has 0 saturated heterocycles. The number of thiazole rings is 1. The molecule has 4 aromatic rings. The van der Waals surface area contributed by atoms with Gasteiger partial charge < -0.3 is 0 Å². The summed E-state index contributed by atoms with van der Waals surface area (Å²) in [6, 6.07) is 19.5. The molecule has 4 rings (SSSR count). The van der Waals surface area contributed by atoms with Crippen LogP contribution in [0.15, 0.2) is 66.7 Å². The van der Waals surface area contributed by atoms with E-state index < -0.39 is 4.92 Å². The van der Waals surface area contributed by atoms with Crippen LogP contribution in [0.5, 0.6) is 0 Å². The molecule has 31 heavy (non-hydrogen) atoms. The highest BCUT2D eigenvalue weighted by atomic mass is 35.5. The summed E-state index contributed by atoms with van der Waals surface area (Å²) in [6.45, 7) is 2.29. The zero-order valence-corrected chi connectivity index (χ0v) is 18.2. The molecular formula is C23H18ClN3O3S. The molecule has 0 bridgehead atoms. The van der Waals surface area contributed by atoms with Crippen LogP contribution in [0.25, 0.3) is 10.2 Å². The first-order valence-electron chi connectivity index (χ1n) is 9.55. The number of amides is 1. The van der Waals surface area contributed by atoms with Gasteiger partial charge in [-0.25, -0.2) is 4.98 Å². The summed E-state index contributed by atoms with van der Waals surface area (Å²) in [7, 11) is 0. The van der Waals surface area contributed by atoms with Crippen LogP contribution >= 0.6 is 22.9 Å². The molecular weight excluding hydrogens is 434 g/mol. The van der Waals surface area contributed by atoms with E-state index in [4.69, 9.17) is 16.6 Å². The lowest BCUT2D eigenvalue weighted by Crippen LogP contribution is -2.31. The highest BCUT2D eigenvalue weighted by Gasteiger charge is 2.22. The van der Waals surface area contributed by atoms with Crippen LogP contribution in [0.4, 0.5) is 10.8 Å². The lowest BCUT2D eigenvalue weighted by molar-refractivity contribution is -0.384. The fourth-order valence-corrected chi connectivity index (χ4v) is 4.43. The van der Waals surface area contributed by atoms with E-state index in [1.54, 1.807) is 17.0 Å². The number of halogens is 1. The second-order valence-corrected chi connectivity index (χ2v) is 8.50. The maximum absolute atomic E-state index is 13.3. The van der Waals surface area contributed by atoms with Gasteiger partial charge in [0, 0.05) is 17.2 Å². The number of carbonyl (C=O) groups excluding carboxylic acids is 1. The van der Waals surface area contributed by atoms with Crippen LogP contribution in [-0.2, 0) is 17.8 Å². The van der Waals surface area contributed by atoms with Gasteiger partial charge in [-0.05, 0) is 35.7 Å². The van der Waals surface area contributed by atoms with Crippen molar-refractivity contribution in [2.24, 2.45) is 0 Å². The summed E-state index contributed by atoms with van der Waals surface area (Å²) >= 11 is 7.69. The summed E-state index contributed by atoms with van der Waals surface area (Å²) < 4.78 is 0.957. The molecule has 0 spiro atoms.